The summed E-state index contributed by atoms with van der Waals surface area (Å²) >= 11 is 0. The molecule has 21 heavy (non-hydrogen) atoms. The topological polar surface area (TPSA) is 26.0 Å². The zero-order chi connectivity index (χ0) is 14.4. The molecular weight excluding hydrogens is 258 g/mol. The fourth-order valence-corrected chi connectivity index (χ4v) is 2.88. The Hall–Kier alpha value is -2.61. The zero-order valence-corrected chi connectivity index (χ0v) is 12.1. The van der Waals surface area contributed by atoms with E-state index >= 15 is 0 Å². The van der Waals surface area contributed by atoms with Crippen molar-refractivity contribution in [1.82, 2.24) is 4.98 Å². The van der Waals surface area contributed by atoms with Crippen molar-refractivity contribution in [3.8, 4) is 11.5 Å². The Bertz CT molecular complexity index is 946. The van der Waals surface area contributed by atoms with Crippen LogP contribution >= 0.6 is 0 Å². The number of rotatable bonds is 1. The van der Waals surface area contributed by atoms with E-state index in [-0.39, 0.29) is 0 Å². The van der Waals surface area contributed by atoms with E-state index in [1.807, 2.05) is 18.2 Å². The molecule has 1 heterocycles. The lowest BCUT2D eigenvalue weighted by molar-refractivity contribution is 0.620. The van der Waals surface area contributed by atoms with Crippen LogP contribution in [-0.2, 0) is 0 Å². The van der Waals surface area contributed by atoms with E-state index in [0.29, 0.717) is 5.89 Å². The Morgan fingerprint density at radius 1 is 0.857 bits per heavy atom. The molecule has 102 valence electrons. The molecule has 0 bridgehead atoms. The lowest BCUT2D eigenvalue weighted by Crippen LogP contribution is -1.82. The van der Waals surface area contributed by atoms with Crippen molar-refractivity contribution in [1.29, 1.82) is 0 Å². The molecule has 0 radical (unpaired) electrons. The van der Waals surface area contributed by atoms with Gasteiger partial charge in [0, 0.05) is 10.9 Å². The van der Waals surface area contributed by atoms with E-state index in [1.165, 1.54) is 16.5 Å². The van der Waals surface area contributed by atoms with Crippen LogP contribution in [0, 0.1) is 13.8 Å². The van der Waals surface area contributed by atoms with Crippen LogP contribution in [0.1, 0.15) is 11.1 Å². The monoisotopic (exact) mass is 273 g/mol. The van der Waals surface area contributed by atoms with Crippen LogP contribution in [0.3, 0.4) is 0 Å². The maximum absolute atomic E-state index is 5.96. The first-order chi connectivity index (χ1) is 10.2. The highest BCUT2D eigenvalue weighted by Crippen LogP contribution is 2.30. The number of hydrogen-bond acceptors (Lipinski definition) is 2. The van der Waals surface area contributed by atoms with E-state index in [0.717, 1.165) is 22.0 Å². The summed E-state index contributed by atoms with van der Waals surface area (Å²) in [7, 11) is 0. The van der Waals surface area contributed by atoms with Gasteiger partial charge in [-0.15, -0.1) is 0 Å². The van der Waals surface area contributed by atoms with E-state index < -0.39 is 0 Å². The standard InChI is InChI=1S/C19H15NO/c1-12-9-13(2)11-15(10-12)19-20-18-16-6-4-3-5-14(16)7-8-17(18)21-19/h3-11H,1-2H3. The van der Waals surface area contributed by atoms with Gasteiger partial charge in [-0.1, -0.05) is 47.5 Å². The average molecular weight is 273 g/mol. The average Bonchev–Trinajstić information content (AvgIpc) is 2.91. The first kappa shape index (κ1) is 12.2. The molecule has 0 atom stereocenters. The quantitative estimate of drug-likeness (QED) is 0.472. The minimum absolute atomic E-state index is 0.688. The number of aryl methyl sites for hydroxylation is 2. The molecule has 0 N–H and O–H groups in total. The number of oxazole rings is 1. The third kappa shape index (κ3) is 2.00. The van der Waals surface area contributed by atoms with Gasteiger partial charge in [0.05, 0.1) is 0 Å². The molecule has 2 nitrogen and oxygen atoms in total. The van der Waals surface area contributed by atoms with Crippen molar-refractivity contribution >= 4 is 21.9 Å². The Labute approximate surface area is 123 Å². The molecule has 0 unspecified atom stereocenters. The van der Waals surface area contributed by atoms with Gasteiger partial charge >= 0.3 is 0 Å². The minimum Gasteiger partial charge on any atom is -0.436 e. The van der Waals surface area contributed by atoms with Gasteiger partial charge in [-0.2, -0.15) is 0 Å². The lowest BCUT2D eigenvalue weighted by atomic mass is 10.1. The smallest absolute Gasteiger partial charge is 0.227 e. The van der Waals surface area contributed by atoms with Gasteiger partial charge < -0.3 is 4.42 Å². The highest BCUT2D eigenvalue weighted by Gasteiger charge is 2.11. The van der Waals surface area contributed by atoms with Crippen molar-refractivity contribution in [3.05, 3.63) is 65.7 Å². The second-order valence-corrected chi connectivity index (χ2v) is 5.53. The Morgan fingerprint density at radius 2 is 1.62 bits per heavy atom. The molecule has 1 aromatic heterocycles. The van der Waals surface area contributed by atoms with E-state index in [2.05, 4.69) is 50.2 Å². The second kappa shape index (κ2) is 4.45. The Morgan fingerprint density at radius 3 is 2.43 bits per heavy atom. The van der Waals surface area contributed by atoms with Crippen LogP contribution in [0.25, 0.3) is 33.3 Å². The highest BCUT2D eigenvalue weighted by atomic mass is 16.3. The maximum Gasteiger partial charge on any atom is 0.227 e. The van der Waals surface area contributed by atoms with E-state index in [1.54, 1.807) is 0 Å². The molecule has 0 amide bonds. The van der Waals surface area contributed by atoms with Crippen molar-refractivity contribution < 1.29 is 4.42 Å². The zero-order valence-electron chi connectivity index (χ0n) is 12.1. The third-order valence-corrected chi connectivity index (χ3v) is 3.75. The van der Waals surface area contributed by atoms with Crippen LogP contribution < -0.4 is 0 Å². The van der Waals surface area contributed by atoms with E-state index in [4.69, 9.17) is 9.40 Å². The van der Waals surface area contributed by atoms with Crippen LogP contribution in [0.15, 0.2) is 59.0 Å². The first-order valence-electron chi connectivity index (χ1n) is 7.08. The number of fused-ring (bicyclic) bond motifs is 3. The molecule has 4 aromatic rings. The van der Waals surface area contributed by atoms with Crippen molar-refractivity contribution in [2.45, 2.75) is 13.8 Å². The van der Waals surface area contributed by atoms with Gasteiger partial charge in [0.1, 0.15) is 5.52 Å². The normalized spacial score (nSPS) is 11.3. The molecule has 0 saturated heterocycles. The van der Waals surface area contributed by atoms with Crippen molar-refractivity contribution in [3.63, 3.8) is 0 Å². The van der Waals surface area contributed by atoms with Gasteiger partial charge in [0.25, 0.3) is 0 Å². The van der Waals surface area contributed by atoms with Gasteiger partial charge in [-0.25, -0.2) is 4.98 Å². The summed E-state index contributed by atoms with van der Waals surface area (Å²) < 4.78 is 5.96. The molecular formula is C19H15NO. The summed E-state index contributed by atoms with van der Waals surface area (Å²) in [5.74, 6) is 0.688. The summed E-state index contributed by atoms with van der Waals surface area (Å²) in [6.45, 7) is 4.18. The number of benzene rings is 3. The fourth-order valence-electron chi connectivity index (χ4n) is 2.88. The third-order valence-electron chi connectivity index (χ3n) is 3.75. The van der Waals surface area contributed by atoms with Crippen LogP contribution in [0.2, 0.25) is 0 Å². The summed E-state index contributed by atoms with van der Waals surface area (Å²) in [5.41, 5.74) is 5.24. The maximum atomic E-state index is 5.96. The molecule has 0 aliphatic heterocycles. The summed E-state index contributed by atoms with van der Waals surface area (Å²) in [6, 6.07) is 18.7. The number of hydrogen-bond donors (Lipinski definition) is 0. The molecule has 0 aliphatic carbocycles. The van der Waals surface area contributed by atoms with Crippen LogP contribution in [-0.4, -0.2) is 4.98 Å². The minimum atomic E-state index is 0.688. The van der Waals surface area contributed by atoms with Gasteiger partial charge in [0.15, 0.2) is 5.58 Å². The molecule has 2 heteroatoms. The summed E-state index contributed by atoms with van der Waals surface area (Å²) in [5, 5.41) is 2.32. The van der Waals surface area contributed by atoms with Gasteiger partial charge in [-0.05, 0) is 37.4 Å². The molecule has 0 saturated carbocycles. The summed E-state index contributed by atoms with van der Waals surface area (Å²) in [4.78, 5) is 4.73. The van der Waals surface area contributed by atoms with Crippen molar-refractivity contribution in [2.75, 3.05) is 0 Å². The largest absolute Gasteiger partial charge is 0.436 e. The lowest BCUT2D eigenvalue weighted by Gasteiger charge is -2.00. The van der Waals surface area contributed by atoms with Crippen LogP contribution in [0.5, 0.6) is 0 Å². The van der Waals surface area contributed by atoms with Crippen LogP contribution in [0.4, 0.5) is 0 Å². The van der Waals surface area contributed by atoms with Gasteiger partial charge in [0.2, 0.25) is 5.89 Å². The molecule has 3 aromatic carbocycles. The predicted octanol–water partition coefficient (Wildman–Crippen LogP) is 5.26. The Balaban J connectivity index is 2.00. The van der Waals surface area contributed by atoms with Crippen molar-refractivity contribution in [2.24, 2.45) is 0 Å². The molecule has 0 spiro atoms. The number of aromatic nitrogens is 1. The molecule has 0 fully saturated rings. The molecule has 4 rings (SSSR count). The second-order valence-electron chi connectivity index (χ2n) is 5.53. The van der Waals surface area contributed by atoms with Gasteiger partial charge in [-0.3, -0.25) is 0 Å². The highest BCUT2D eigenvalue weighted by molar-refractivity contribution is 6.03. The predicted molar refractivity (Wildman–Crippen MR) is 86.4 cm³/mol. The number of nitrogens with zero attached hydrogens (tertiary/aromatic N) is 1. The first-order valence-corrected chi connectivity index (χ1v) is 7.08. The molecule has 0 aliphatic rings. The Kier molecular flexibility index (Phi) is 2.58. The SMILES string of the molecule is Cc1cc(C)cc(-c2nc3c(ccc4ccccc43)o2)c1. The fraction of sp³-hybridized carbons (Fsp3) is 0.105. The van der Waals surface area contributed by atoms with E-state index in [9.17, 15) is 0 Å². The summed E-state index contributed by atoms with van der Waals surface area (Å²) in [6.07, 6.45) is 0.